The molecule has 1 heterocycles. The van der Waals surface area contributed by atoms with Gasteiger partial charge in [-0.3, -0.25) is 0 Å². The zero-order chi connectivity index (χ0) is 37.0. The molecule has 56 heavy (non-hydrogen) atoms. The fourth-order valence-electron chi connectivity index (χ4n) is 9.08. The third-order valence-corrected chi connectivity index (χ3v) is 11.6. The summed E-state index contributed by atoms with van der Waals surface area (Å²) in [6.07, 6.45) is 8.08. The first-order valence-electron chi connectivity index (χ1n) is 19.5. The van der Waals surface area contributed by atoms with Crippen LogP contribution in [0.4, 0.5) is 11.4 Å². The molecule has 2 nitrogen and oxygen atoms in total. The fourth-order valence-corrected chi connectivity index (χ4v) is 9.08. The van der Waals surface area contributed by atoms with Crippen LogP contribution in [0.3, 0.4) is 0 Å². The number of rotatable bonds is 6. The standard InChI is InChI=1S/C54H38N2/c1-3-16-43(17-4-1)55(45-31-27-37(28-32-45)40-29-33-48-42(35-40)26-25-38-13-7-9-21-47(38)48)46-20-11-15-41(36-46)50-23-12-24-51-54(50)53-49-22-10-8-14-39(49)30-34-52(53)56(51)44-18-5-2-6-19-44/h1-19,21-36,46H,20H2. The third kappa shape index (κ3) is 5.33. The normalized spacial score (nSPS) is 14.2. The first kappa shape index (κ1) is 32.3. The molecular weight excluding hydrogens is 677 g/mol. The number of allylic oxidation sites excluding steroid dienone is 2. The zero-order valence-corrected chi connectivity index (χ0v) is 30.9. The van der Waals surface area contributed by atoms with Crippen molar-refractivity contribution in [1.82, 2.24) is 4.57 Å². The number of nitrogens with zero attached hydrogens (tertiary/aromatic N) is 2. The minimum atomic E-state index is 0.117. The molecule has 11 rings (SSSR count). The monoisotopic (exact) mass is 714 g/mol. The number of para-hydroxylation sites is 2. The highest BCUT2D eigenvalue weighted by atomic mass is 15.2. The summed E-state index contributed by atoms with van der Waals surface area (Å²) in [6, 6.07) is 71.0. The summed E-state index contributed by atoms with van der Waals surface area (Å²) in [5, 5.41) is 10.2. The van der Waals surface area contributed by atoms with Crippen LogP contribution < -0.4 is 4.90 Å². The van der Waals surface area contributed by atoms with Gasteiger partial charge in [0.15, 0.2) is 0 Å². The maximum absolute atomic E-state index is 2.50. The van der Waals surface area contributed by atoms with Crippen LogP contribution in [0.15, 0.2) is 212 Å². The quantitative estimate of drug-likeness (QED) is 0.156. The number of fused-ring (bicyclic) bond motifs is 8. The largest absolute Gasteiger partial charge is 0.334 e. The minimum Gasteiger partial charge on any atom is -0.334 e. The maximum atomic E-state index is 2.50. The van der Waals surface area contributed by atoms with Gasteiger partial charge >= 0.3 is 0 Å². The van der Waals surface area contributed by atoms with Crippen LogP contribution >= 0.6 is 0 Å². The van der Waals surface area contributed by atoms with E-state index < -0.39 is 0 Å². The van der Waals surface area contributed by atoms with E-state index in [1.165, 1.54) is 93.4 Å². The Bertz CT molecular complexity index is 3150. The predicted octanol–water partition coefficient (Wildman–Crippen LogP) is 14.5. The number of benzene rings is 9. The maximum Gasteiger partial charge on any atom is 0.0565 e. The smallest absolute Gasteiger partial charge is 0.0565 e. The van der Waals surface area contributed by atoms with Crippen molar-refractivity contribution in [2.24, 2.45) is 0 Å². The Hall–Kier alpha value is -7.16. The lowest BCUT2D eigenvalue weighted by Gasteiger charge is -2.33. The lowest BCUT2D eigenvalue weighted by atomic mass is 9.91. The van der Waals surface area contributed by atoms with Crippen LogP contribution in [0, 0.1) is 0 Å². The average molecular weight is 715 g/mol. The lowest BCUT2D eigenvalue weighted by Crippen LogP contribution is -2.30. The number of aromatic nitrogens is 1. The van der Waals surface area contributed by atoms with Crippen molar-refractivity contribution in [2.75, 3.05) is 4.90 Å². The molecule has 1 aliphatic rings. The van der Waals surface area contributed by atoms with E-state index in [1.807, 2.05) is 0 Å². The van der Waals surface area contributed by atoms with E-state index in [9.17, 15) is 0 Å². The van der Waals surface area contributed by atoms with E-state index >= 15 is 0 Å². The second-order valence-corrected chi connectivity index (χ2v) is 14.9. The Balaban J connectivity index is 1.03. The summed E-state index contributed by atoms with van der Waals surface area (Å²) in [5.41, 5.74) is 10.9. The summed E-state index contributed by atoms with van der Waals surface area (Å²) < 4.78 is 2.43. The minimum absolute atomic E-state index is 0.117. The highest BCUT2D eigenvalue weighted by Gasteiger charge is 2.24. The molecule has 0 saturated carbocycles. The van der Waals surface area contributed by atoms with Crippen molar-refractivity contribution >= 4 is 71.1 Å². The van der Waals surface area contributed by atoms with E-state index in [1.54, 1.807) is 0 Å². The topological polar surface area (TPSA) is 8.17 Å². The fraction of sp³-hybridized carbons (Fsp3) is 0.0370. The van der Waals surface area contributed by atoms with Crippen LogP contribution in [-0.2, 0) is 0 Å². The molecule has 1 aliphatic carbocycles. The number of anilines is 2. The van der Waals surface area contributed by atoms with Crippen molar-refractivity contribution in [3.05, 3.63) is 218 Å². The summed E-state index contributed by atoms with van der Waals surface area (Å²) in [6.45, 7) is 0. The van der Waals surface area contributed by atoms with Crippen molar-refractivity contribution in [1.29, 1.82) is 0 Å². The van der Waals surface area contributed by atoms with E-state index in [0.717, 1.165) is 6.42 Å². The van der Waals surface area contributed by atoms with Crippen molar-refractivity contribution in [3.63, 3.8) is 0 Å². The van der Waals surface area contributed by atoms with Crippen molar-refractivity contribution < 1.29 is 0 Å². The first-order chi connectivity index (χ1) is 27.8. The molecule has 264 valence electrons. The molecule has 0 N–H and O–H groups in total. The molecule has 0 saturated heterocycles. The van der Waals surface area contributed by atoms with Crippen LogP contribution in [0.25, 0.3) is 76.5 Å². The summed E-state index contributed by atoms with van der Waals surface area (Å²) in [7, 11) is 0. The van der Waals surface area contributed by atoms with E-state index in [-0.39, 0.29) is 6.04 Å². The first-order valence-corrected chi connectivity index (χ1v) is 19.5. The number of hydrogen-bond donors (Lipinski definition) is 0. The molecular formula is C54H38N2. The summed E-state index contributed by atoms with van der Waals surface area (Å²) in [4.78, 5) is 2.50. The van der Waals surface area contributed by atoms with Crippen LogP contribution in [0.1, 0.15) is 12.0 Å². The summed E-state index contributed by atoms with van der Waals surface area (Å²) in [5.74, 6) is 0. The van der Waals surface area contributed by atoms with Gasteiger partial charge in [-0.05, 0) is 116 Å². The Morgan fingerprint density at radius 2 is 1.07 bits per heavy atom. The second-order valence-electron chi connectivity index (χ2n) is 14.9. The molecule has 9 aromatic carbocycles. The molecule has 0 bridgehead atoms. The Kier molecular flexibility index (Phi) is 7.67. The highest BCUT2D eigenvalue weighted by molar-refractivity contribution is 6.24. The van der Waals surface area contributed by atoms with Crippen LogP contribution in [0.5, 0.6) is 0 Å². The van der Waals surface area contributed by atoms with Crippen molar-refractivity contribution in [3.8, 4) is 16.8 Å². The van der Waals surface area contributed by atoms with Gasteiger partial charge in [-0.15, -0.1) is 0 Å². The van der Waals surface area contributed by atoms with Gasteiger partial charge in [0.05, 0.1) is 17.1 Å². The van der Waals surface area contributed by atoms with Gasteiger partial charge in [-0.2, -0.15) is 0 Å². The average Bonchev–Trinajstić information content (AvgIpc) is 3.62. The van der Waals surface area contributed by atoms with E-state index in [4.69, 9.17) is 0 Å². The molecule has 0 amide bonds. The van der Waals surface area contributed by atoms with Crippen LogP contribution in [-0.4, -0.2) is 10.6 Å². The van der Waals surface area contributed by atoms with Gasteiger partial charge in [0.2, 0.25) is 0 Å². The van der Waals surface area contributed by atoms with Crippen LogP contribution in [0.2, 0.25) is 0 Å². The van der Waals surface area contributed by atoms with Gasteiger partial charge < -0.3 is 9.47 Å². The Morgan fingerprint density at radius 1 is 0.446 bits per heavy atom. The van der Waals surface area contributed by atoms with Gasteiger partial charge in [0.1, 0.15) is 0 Å². The lowest BCUT2D eigenvalue weighted by molar-refractivity contribution is 0.788. The predicted molar refractivity (Wildman–Crippen MR) is 239 cm³/mol. The molecule has 0 spiro atoms. The molecule has 0 aliphatic heterocycles. The zero-order valence-electron chi connectivity index (χ0n) is 30.9. The molecule has 1 aromatic heterocycles. The van der Waals surface area contributed by atoms with E-state index in [0.29, 0.717) is 0 Å². The highest BCUT2D eigenvalue weighted by Crippen LogP contribution is 2.42. The van der Waals surface area contributed by atoms with Crippen molar-refractivity contribution in [2.45, 2.75) is 12.5 Å². The summed E-state index contributed by atoms with van der Waals surface area (Å²) >= 11 is 0. The Labute approximate surface area is 326 Å². The number of hydrogen-bond acceptors (Lipinski definition) is 1. The third-order valence-electron chi connectivity index (χ3n) is 11.6. The molecule has 10 aromatic rings. The molecule has 1 unspecified atom stereocenters. The molecule has 0 fully saturated rings. The Morgan fingerprint density at radius 3 is 1.89 bits per heavy atom. The molecule has 2 heteroatoms. The molecule has 1 atom stereocenters. The van der Waals surface area contributed by atoms with Gasteiger partial charge in [0.25, 0.3) is 0 Å². The van der Waals surface area contributed by atoms with Gasteiger partial charge in [-0.1, -0.05) is 158 Å². The SMILES string of the molecule is C1=CC(c2cccc3c2c2c4ccccc4ccc2n3-c2ccccc2)=CC(N(c2ccccc2)c2ccc(-c3ccc4c(ccc5ccccc54)c3)cc2)C1. The second kappa shape index (κ2) is 13.3. The molecule has 0 radical (unpaired) electrons. The van der Waals surface area contributed by atoms with Gasteiger partial charge in [-0.25, -0.2) is 0 Å². The van der Waals surface area contributed by atoms with Gasteiger partial charge in [0, 0.05) is 27.8 Å². The van der Waals surface area contributed by atoms with E-state index in [2.05, 4.69) is 222 Å².